The molecule has 0 N–H and O–H groups in total. The molecule has 5 nitrogen and oxygen atoms in total. The van der Waals surface area contributed by atoms with Crippen molar-refractivity contribution in [1.29, 1.82) is 0 Å². The first-order valence-electron chi connectivity index (χ1n) is 9.55. The SMILES string of the molecule is CCN(CC)Cc1ccc(C(=O)N2CCC(C3OCCO3)CC2)cc1. The van der Waals surface area contributed by atoms with Crippen LogP contribution in [0.4, 0.5) is 0 Å². The summed E-state index contributed by atoms with van der Waals surface area (Å²) in [5.41, 5.74) is 2.05. The van der Waals surface area contributed by atoms with Crippen LogP contribution in [0.25, 0.3) is 0 Å². The highest BCUT2D eigenvalue weighted by Crippen LogP contribution is 2.26. The lowest BCUT2D eigenvalue weighted by molar-refractivity contribution is -0.0956. The highest BCUT2D eigenvalue weighted by molar-refractivity contribution is 5.94. The number of carbonyl (C=O) groups is 1. The third-order valence-electron chi connectivity index (χ3n) is 5.36. The van der Waals surface area contributed by atoms with E-state index in [4.69, 9.17) is 9.47 Å². The van der Waals surface area contributed by atoms with E-state index in [1.807, 2.05) is 17.0 Å². The van der Waals surface area contributed by atoms with Gasteiger partial charge in [-0.25, -0.2) is 0 Å². The van der Waals surface area contributed by atoms with E-state index in [0.717, 1.165) is 51.1 Å². The van der Waals surface area contributed by atoms with Gasteiger partial charge < -0.3 is 14.4 Å². The van der Waals surface area contributed by atoms with Gasteiger partial charge in [0, 0.05) is 31.1 Å². The predicted molar refractivity (Wildman–Crippen MR) is 97.4 cm³/mol. The van der Waals surface area contributed by atoms with Gasteiger partial charge in [-0.05, 0) is 43.6 Å². The normalized spacial score (nSPS) is 19.7. The molecule has 0 aliphatic carbocycles. The molecule has 0 aromatic heterocycles. The molecule has 3 rings (SSSR count). The van der Waals surface area contributed by atoms with Gasteiger partial charge in [0.15, 0.2) is 6.29 Å². The molecule has 1 aromatic carbocycles. The second kappa shape index (κ2) is 8.79. The number of ether oxygens (including phenoxy) is 2. The largest absolute Gasteiger partial charge is 0.350 e. The second-order valence-electron chi connectivity index (χ2n) is 6.90. The van der Waals surface area contributed by atoms with E-state index in [-0.39, 0.29) is 12.2 Å². The van der Waals surface area contributed by atoms with Gasteiger partial charge in [-0.15, -0.1) is 0 Å². The van der Waals surface area contributed by atoms with Gasteiger partial charge in [0.25, 0.3) is 5.91 Å². The third kappa shape index (κ3) is 4.60. The Morgan fingerprint density at radius 2 is 1.68 bits per heavy atom. The zero-order chi connectivity index (χ0) is 17.6. The number of hydrogen-bond donors (Lipinski definition) is 0. The summed E-state index contributed by atoms with van der Waals surface area (Å²) < 4.78 is 11.2. The minimum Gasteiger partial charge on any atom is -0.350 e. The molecule has 0 bridgehead atoms. The van der Waals surface area contributed by atoms with E-state index in [2.05, 4.69) is 30.9 Å². The maximum Gasteiger partial charge on any atom is 0.253 e. The molecule has 0 spiro atoms. The minimum absolute atomic E-state index is 0.0587. The van der Waals surface area contributed by atoms with Gasteiger partial charge in [-0.1, -0.05) is 26.0 Å². The molecule has 0 saturated carbocycles. The highest BCUT2D eigenvalue weighted by Gasteiger charge is 2.31. The fraction of sp³-hybridized carbons (Fsp3) is 0.650. The van der Waals surface area contributed by atoms with Crippen LogP contribution in [0.1, 0.15) is 42.6 Å². The first-order valence-corrected chi connectivity index (χ1v) is 9.55. The molecule has 25 heavy (non-hydrogen) atoms. The molecule has 2 fully saturated rings. The van der Waals surface area contributed by atoms with Crippen molar-refractivity contribution in [2.75, 3.05) is 39.4 Å². The van der Waals surface area contributed by atoms with Crippen molar-refractivity contribution >= 4 is 5.91 Å². The van der Waals surface area contributed by atoms with E-state index < -0.39 is 0 Å². The van der Waals surface area contributed by atoms with Crippen LogP contribution in [-0.2, 0) is 16.0 Å². The van der Waals surface area contributed by atoms with E-state index in [1.54, 1.807) is 0 Å². The van der Waals surface area contributed by atoms with Gasteiger partial charge in [0.1, 0.15) is 0 Å². The summed E-state index contributed by atoms with van der Waals surface area (Å²) in [6.07, 6.45) is 1.85. The van der Waals surface area contributed by atoms with Gasteiger partial charge in [-0.2, -0.15) is 0 Å². The zero-order valence-corrected chi connectivity index (χ0v) is 15.4. The Morgan fingerprint density at radius 1 is 1.08 bits per heavy atom. The summed E-state index contributed by atoms with van der Waals surface area (Å²) in [7, 11) is 0. The number of piperidine rings is 1. The lowest BCUT2D eigenvalue weighted by atomic mass is 9.95. The minimum atomic E-state index is -0.0587. The number of amides is 1. The molecular formula is C20H30N2O3. The first-order chi connectivity index (χ1) is 12.2. The van der Waals surface area contributed by atoms with E-state index in [1.165, 1.54) is 5.56 Å². The van der Waals surface area contributed by atoms with Gasteiger partial charge in [0.05, 0.1) is 13.2 Å². The third-order valence-corrected chi connectivity index (χ3v) is 5.36. The molecule has 1 amide bonds. The quantitative estimate of drug-likeness (QED) is 0.794. The monoisotopic (exact) mass is 346 g/mol. The Bertz CT molecular complexity index is 543. The van der Waals surface area contributed by atoms with Gasteiger partial charge in [-0.3, -0.25) is 9.69 Å². The summed E-state index contributed by atoms with van der Waals surface area (Å²) in [6.45, 7) is 10.3. The maximum absolute atomic E-state index is 12.7. The molecule has 2 saturated heterocycles. The fourth-order valence-electron chi connectivity index (χ4n) is 3.66. The highest BCUT2D eigenvalue weighted by atomic mass is 16.7. The summed E-state index contributed by atoms with van der Waals surface area (Å²) >= 11 is 0. The molecule has 2 heterocycles. The van der Waals surface area contributed by atoms with E-state index >= 15 is 0 Å². The van der Waals surface area contributed by atoms with Crippen molar-refractivity contribution in [2.45, 2.75) is 39.5 Å². The standard InChI is InChI=1S/C20H30N2O3/c1-3-21(4-2)15-16-5-7-17(8-6-16)19(23)22-11-9-18(10-12-22)20-24-13-14-25-20/h5-8,18,20H,3-4,9-15H2,1-2H3. The Morgan fingerprint density at radius 3 is 2.24 bits per heavy atom. The smallest absolute Gasteiger partial charge is 0.253 e. The summed E-state index contributed by atoms with van der Waals surface area (Å²) in [5.74, 6) is 0.559. The van der Waals surface area contributed by atoms with Gasteiger partial charge in [0.2, 0.25) is 0 Å². The van der Waals surface area contributed by atoms with Crippen LogP contribution in [0.3, 0.4) is 0 Å². The molecule has 2 aliphatic rings. The summed E-state index contributed by atoms with van der Waals surface area (Å²) in [5, 5.41) is 0. The molecule has 0 unspecified atom stereocenters. The average Bonchev–Trinajstić information content (AvgIpc) is 3.21. The Kier molecular flexibility index (Phi) is 6.45. The van der Waals surface area contributed by atoms with Crippen LogP contribution >= 0.6 is 0 Å². The topological polar surface area (TPSA) is 42.0 Å². The number of benzene rings is 1. The lowest BCUT2D eigenvalue weighted by Crippen LogP contribution is -2.41. The molecule has 1 aromatic rings. The van der Waals surface area contributed by atoms with Crippen molar-refractivity contribution in [3.05, 3.63) is 35.4 Å². The van der Waals surface area contributed by atoms with Crippen LogP contribution < -0.4 is 0 Å². The zero-order valence-electron chi connectivity index (χ0n) is 15.4. The van der Waals surface area contributed by atoms with Crippen LogP contribution in [0.2, 0.25) is 0 Å². The van der Waals surface area contributed by atoms with Crippen molar-refractivity contribution < 1.29 is 14.3 Å². The predicted octanol–water partition coefficient (Wildman–Crippen LogP) is 2.75. The average molecular weight is 346 g/mol. The van der Waals surface area contributed by atoms with Crippen LogP contribution in [0.15, 0.2) is 24.3 Å². The number of rotatable bonds is 6. The van der Waals surface area contributed by atoms with Crippen molar-refractivity contribution in [1.82, 2.24) is 9.80 Å². The van der Waals surface area contributed by atoms with Crippen LogP contribution in [-0.4, -0.2) is 61.4 Å². The number of likely N-dealkylation sites (tertiary alicyclic amines) is 1. The molecule has 0 atom stereocenters. The summed E-state index contributed by atoms with van der Waals surface area (Å²) in [4.78, 5) is 17.1. The number of carbonyl (C=O) groups excluding carboxylic acids is 1. The van der Waals surface area contributed by atoms with Crippen molar-refractivity contribution in [3.8, 4) is 0 Å². The molecular weight excluding hydrogens is 316 g/mol. The number of hydrogen-bond acceptors (Lipinski definition) is 4. The Labute approximate surface area is 150 Å². The lowest BCUT2D eigenvalue weighted by Gasteiger charge is -2.34. The van der Waals surface area contributed by atoms with Crippen LogP contribution in [0, 0.1) is 5.92 Å². The molecule has 2 aliphatic heterocycles. The fourth-order valence-corrected chi connectivity index (χ4v) is 3.66. The second-order valence-corrected chi connectivity index (χ2v) is 6.90. The first kappa shape index (κ1) is 18.4. The Balaban J connectivity index is 1.52. The van der Waals surface area contributed by atoms with Crippen molar-refractivity contribution in [2.24, 2.45) is 5.92 Å². The molecule has 138 valence electrons. The maximum atomic E-state index is 12.7. The summed E-state index contributed by atoms with van der Waals surface area (Å²) in [6, 6.07) is 8.10. The van der Waals surface area contributed by atoms with E-state index in [9.17, 15) is 4.79 Å². The van der Waals surface area contributed by atoms with Crippen LogP contribution in [0.5, 0.6) is 0 Å². The molecule has 0 radical (unpaired) electrons. The van der Waals surface area contributed by atoms with E-state index in [0.29, 0.717) is 19.1 Å². The Hall–Kier alpha value is -1.43. The van der Waals surface area contributed by atoms with Crippen molar-refractivity contribution in [3.63, 3.8) is 0 Å². The molecule has 5 heteroatoms. The van der Waals surface area contributed by atoms with Gasteiger partial charge >= 0.3 is 0 Å². The number of nitrogens with zero attached hydrogens (tertiary/aromatic N) is 2.